The lowest BCUT2D eigenvalue weighted by molar-refractivity contribution is -0.115. The summed E-state index contributed by atoms with van der Waals surface area (Å²) in [6.07, 6.45) is 1.73. The molecule has 1 saturated heterocycles. The Balaban J connectivity index is 1.91. The molecule has 0 atom stereocenters. The maximum Gasteiger partial charge on any atom is 0.264 e. The lowest BCUT2D eigenvalue weighted by atomic mass is 10.2. The molecule has 8 heteroatoms. The number of thioether (sulfide) groups is 1. The SMILES string of the molecule is COc1cc(/C=C2\SC(=Nc3cc(Cl)ccc3C)NC2=O)cc(I)c1O. The van der Waals surface area contributed by atoms with E-state index in [1.54, 1.807) is 30.3 Å². The molecule has 0 unspecified atom stereocenters. The maximum atomic E-state index is 12.2. The molecule has 1 heterocycles. The van der Waals surface area contributed by atoms with Crippen LogP contribution in [0.5, 0.6) is 11.5 Å². The minimum absolute atomic E-state index is 0.0810. The van der Waals surface area contributed by atoms with Crippen LogP contribution < -0.4 is 10.1 Å². The van der Waals surface area contributed by atoms with Gasteiger partial charge in [0.2, 0.25) is 0 Å². The molecule has 134 valence electrons. The second-order valence-corrected chi connectivity index (χ2v) is 8.10. The van der Waals surface area contributed by atoms with Crippen LogP contribution in [0.3, 0.4) is 0 Å². The number of aliphatic imine (C=N–C) groups is 1. The van der Waals surface area contributed by atoms with Gasteiger partial charge < -0.3 is 15.2 Å². The third kappa shape index (κ3) is 4.16. The standard InChI is InChI=1S/C18H14ClIN2O3S/c1-9-3-4-11(19)8-13(9)21-18-22-17(24)15(26-18)7-10-5-12(20)16(23)14(6-10)25-2/h3-8,23H,1-2H3,(H,21,22,24)/b15-7-. The first-order valence-corrected chi connectivity index (χ1v) is 9.77. The summed E-state index contributed by atoms with van der Waals surface area (Å²) in [7, 11) is 1.48. The van der Waals surface area contributed by atoms with Crippen molar-refractivity contribution < 1.29 is 14.6 Å². The molecule has 1 aliphatic heterocycles. The summed E-state index contributed by atoms with van der Waals surface area (Å²) in [5, 5.41) is 13.8. The van der Waals surface area contributed by atoms with Crippen molar-refractivity contribution in [3.63, 3.8) is 0 Å². The van der Waals surface area contributed by atoms with Crippen molar-refractivity contribution in [3.8, 4) is 11.5 Å². The Morgan fingerprint density at radius 2 is 2.12 bits per heavy atom. The number of halogens is 2. The van der Waals surface area contributed by atoms with Gasteiger partial charge in [0.25, 0.3) is 5.91 Å². The van der Waals surface area contributed by atoms with Gasteiger partial charge >= 0.3 is 0 Å². The lowest BCUT2D eigenvalue weighted by Gasteiger charge is -2.06. The number of ether oxygens (including phenoxy) is 1. The molecule has 0 aromatic heterocycles. The van der Waals surface area contributed by atoms with E-state index < -0.39 is 0 Å². The number of carbonyl (C=O) groups is 1. The number of nitrogens with one attached hydrogen (secondary N) is 1. The molecule has 1 aliphatic rings. The molecular formula is C18H14ClIN2O3S. The second-order valence-electron chi connectivity index (χ2n) is 5.47. The molecule has 2 aromatic carbocycles. The zero-order chi connectivity index (χ0) is 18.8. The quantitative estimate of drug-likeness (QED) is 0.466. The second kappa shape index (κ2) is 7.89. The number of nitrogens with zero attached hydrogens (tertiary/aromatic N) is 1. The van der Waals surface area contributed by atoms with E-state index in [9.17, 15) is 9.90 Å². The fourth-order valence-electron chi connectivity index (χ4n) is 2.28. The van der Waals surface area contributed by atoms with Gasteiger partial charge in [-0.25, -0.2) is 4.99 Å². The predicted molar refractivity (Wildman–Crippen MR) is 114 cm³/mol. The summed E-state index contributed by atoms with van der Waals surface area (Å²) in [6.45, 7) is 1.93. The largest absolute Gasteiger partial charge is 0.504 e. The molecule has 0 bridgehead atoms. The first-order chi connectivity index (χ1) is 12.4. The van der Waals surface area contributed by atoms with Gasteiger partial charge in [0.05, 0.1) is 21.3 Å². The minimum Gasteiger partial charge on any atom is -0.504 e. The number of phenolic OH excluding ortho intramolecular Hbond substituents is 1. The van der Waals surface area contributed by atoms with Crippen molar-refractivity contribution in [1.82, 2.24) is 5.32 Å². The number of rotatable bonds is 3. The van der Waals surface area contributed by atoms with E-state index in [2.05, 4.69) is 10.3 Å². The Hall–Kier alpha value is -1.71. The minimum atomic E-state index is -0.226. The van der Waals surface area contributed by atoms with Crippen LogP contribution in [0, 0.1) is 10.5 Å². The first kappa shape index (κ1) is 19.1. The number of hydrogen-bond acceptors (Lipinski definition) is 5. The zero-order valence-corrected chi connectivity index (χ0v) is 17.6. The molecule has 5 nitrogen and oxygen atoms in total. The topological polar surface area (TPSA) is 70.9 Å². The first-order valence-electron chi connectivity index (χ1n) is 7.49. The van der Waals surface area contributed by atoms with Crippen molar-refractivity contribution in [3.05, 3.63) is 55.0 Å². The van der Waals surface area contributed by atoms with Crippen LogP contribution in [0.4, 0.5) is 5.69 Å². The highest BCUT2D eigenvalue weighted by molar-refractivity contribution is 14.1. The fourth-order valence-corrected chi connectivity index (χ4v) is 3.90. The van der Waals surface area contributed by atoms with Gasteiger partial charge in [0.15, 0.2) is 16.7 Å². The number of benzene rings is 2. The third-order valence-corrected chi connectivity index (χ3v) is 5.58. The van der Waals surface area contributed by atoms with Crippen molar-refractivity contribution in [2.45, 2.75) is 6.92 Å². The molecule has 1 fully saturated rings. The summed E-state index contributed by atoms with van der Waals surface area (Å²) in [5.74, 6) is 0.212. The van der Waals surface area contributed by atoms with Gasteiger partial charge in [-0.05, 0) is 82.7 Å². The van der Waals surface area contributed by atoms with Crippen LogP contribution in [0.25, 0.3) is 6.08 Å². The van der Waals surface area contributed by atoms with Crippen LogP contribution in [0.2, 0.25) is 5.02 Å². The van der Waals surface area contributed by atoms with Gasteiger partial charge in [-0.15, -0.1) is 0 Å². The van der Waals surface area contributed by atoms with Gasteiger partial charge in [0, 0.05) is 5.02 Å². The Kier molecular flexibility index (Phi) is 5.79. The normalized spacial score (nSPS) is 17.0. The van der Waals surface area contributed by atoms with Crippen molar-refractivity contribution in [1.29, 1.82) is 0 Å². The van der Waals surface area contributed by atoms with Gasteiger partial charge in [-0.2, -0.15) is 0 Å². The highest BCUT2D eigenvalue weighted by Gasteiger charge is 2.24. The molecule has 2 aromatic rings. The van der Waals surface area contributed by atoms with Crippen molar-refractivity contribution in [2.24, 2.45) is 4.99 Å². The maximum absolute atomic E-state index is 12.2. The smallest absolute Gasteiger partial charge is 0.264 e. The summed E-state index contributed by atoms with van der Waals surface area (Å²) in [4.78, 5) is 17.2. The molecular weight excluding hydrogens is 487 g/mol. The average Bonchev–Trinajstić information content (AvgIpc) is 2.93. The fraction of sp³-hybridized carbons (Fsp3) is 0.111. The number of aryl methyl sites for hydroxylation is 1. The molecule has 0 saturated carbocycles. The van der Waals surface area contributed by atoms with Crippen LogP contribution in [-0.4, -0.2) is 23.3 Å². The monoisotopic (exact) mass is 500 g/mol. The van der Waals surface area contributed by atoms with E-state index in [1.807, 2.05) is 35.6 Å². The van der Waals surface area contributed by atoms with E-state index in [4.69, 9.17) is 16.3 Å². The molecule has 0 aliphatic carbocycles. The Morgan fingerprint density at radius 3 is 2.85 bits per heavy atom. The number of aromatic hydroxyl groups is 1. The van der Waals surface area contributed by atoms with Crippen LogP contribution in [-0.2, 0) is 4.79 Å². The highest BCUT2D eigenvalue weighted by Crippen LogP contribution is 2.35. The number of amidine groups is 1. The lowest BCUT2D eigenvalue weighted by Crippen LogP contribution is -2.19. The molecule has 0 spiro atoms. The van der Waals surface area contributed by atoms with Gasteiger partial charge in [0.1, 0.15) is 0 Å². The Labute approximate surface area is 173 Å². The van der Waals surface area contributed by atoms with Crippen molar-refractivity contribution in [2.75, 3.05) is 7.11 Å². The summed E-state index contributed by atoms with van der Waals surface area (Å²) in [5.41, 5.74) is 2.43. The van der Waals surface area contributed by atoms with E-state index in [0.717, 1.165) is 11.1 Å². The highest BCUT2D eigenvalue weighted by atomic mass is 127. The van der Waals surface area contributed by atoms with Crippen LogP contribution in [0.15, 0.2) is 40.2 Å². The summed E-state index contributed by atoms with van der Waals surface area (Å²) >= 11 is 9.28. The number of phenols is 1. The number of carbonyl (C=O) groups excluding carboxylic acids is 1. The zero-order valence-electron chi connectivity index (χ0n) is 13.8. The van der Waals surface area contributed by atoms with E-state index in [0.29, 0.717) is 30.1 Å². The molecule has 1 amide bonds. The van der Waals surface area contributed by atoms with Gasteiger partial charge in [-0.1, -0.05) is 17.7 Å². The van der Waals surface area contributed by atoms with Crippen LogP contribution >= 0.6 is 46.0 Å². The molecule has 26 heavy (non-hydrogen) atoms. The van der Waals surface area contributed by atoms with Gasteiger partial charge in [-0.3, -0.25) is 4.79 Å². The summed E-state index contributed by atoms with van der Waals surface area (Å²) in [6, 6.07) is 8.88. The number of amides is 1. The number of methoxy groups -OCH3 is 1. The number of hydrogen-bond donors (Lipinski definition) is 2. The summed E-state index contributed by atoms with van der Waals surface area (Å²) < 4.78 is 5.79. The van der Waals surface area contributed by atoms with E-state index in [-0.39, 0.29) is 11.7 Å². The Morgan fingerprint density at radius 1 is 1.35 bits per heavy atom. The molecule has 0 radical (unpaired) electrons. The van der Waals surface area contributed by atoms with Crippen molar-refractivity contribution >= 4 is 68.8 Å². The van der Waals surface area contributed by atoms with Crippen LogP contribution in [0.1, 0.15) is 11.1 Å². The van der Waals surface area contributed by atoms with E-state index in [1.165, 1.54) is 18.9 Å². The predicted octanol–water partition coefficient (Wildman–Crippen LogP) is 4.86. The molecule has 2 N–H and O–H groups in total. The third-order valence-electron chi connectivity index (χ3n) is 3.61. The average molecular weight is 501 g/mol. The molecule has 3 rings (SSSR count). The van der Waals surface area contributed by atoms with E-state index >= 15 is 0 Å². The Bertz CT molecular complexity index is 960.